The summed E-state index contributed by atoms with van der Waals surface area (Å²) in [5, 5.41) is 4.80. The SMILES string of the molecule is Cn1c(C2CC2)nn(CN2CCO[C@H]3CCCC[C@H]32)c1=S. The summed E-state index contributed by atoms with van der Waals surface area (Å²) in [6, 6.07) is 0.556. The number of hydrogen-bond donors (Lipinski definition) is 0. The molecule has 1 saturated heterocycles. The van der Waals surface area contributed by atoms with Gasteiger partial charge in [-0.15, -0.1) is 0 Å². The molecule has 0 spiro atoms. The molecule has 1 aliphatic heterocycles. The van der Waals surface area contributed by atoms with Crippen molar-refractivity contribution >= 4 is 12.2 Å². The van der Waals surface area contributed by atoms with Gasteiger partial charge in [0.25, 0.3) is 0 Å². The van der Waals surface area contributed by atoms with E-state index in [9.17, 15) is 0 Å². The zero-order valence-corrected chi connectivity index (χ0v) is 13.5. The van der Waals surface area contributed by atoms with Crippen LogP contribution in [0.2, 0.25) is 0 Å². The van der Waals surface area contributed by atoms with Crippen LogP contribution in [-0.2, 0) is 18.5 Å². The normalized spacial score (nSPS) is 30.3. The van der Waals surface area contributed by atoms with Crippen LogP contribution in [0.1, 0.15) is 50.3 Å². The van der Waals surface area contributed by atoms with Crippen molar-refractivity contribution < 1.29 is 4.74 Å². The number of rotatable bonds is 3. The predicted molar refractivity (Wildman–Crippen MR) is 82.7 cm³/mol. The fraction of sp³-hybridized carbons (Fsp3) is 0.867. The van der Waals surface area contributed by atoms with Crippen molar-refractivity contribution in [3.8, 4) is 0 Å². The average molecular weight is 308 g/mol. The molecule has 1 aromatic heterocycles. The lowest BCUT2D eigenvalue weighted by Crippen LogP contribution is -2.52. The topological polar surface area (TPSA) is 35.2 Å². The second kappa shape index (κ2) is 5.48. The molecule has 4 rings (SSSR count). The first-order valence-electron chi connectivity index (χ1n) is 8.23. The van der Waals surface area contributed by atoms with Crippen molar-refractivity contribution in [2.75, 3.05) is 13.2 Å². The van der Waals surface area contributed by atoms with Crippen molar-refractivity contribution in [2.24, 2.45) is 7.05 Å². The molecule has 3 aliphatic rings. The van der Waals surface area contributed by atoms with Crippen molar-refractivity contribution in [2.45, 2.75) is 63.3 Å². The van der Waals surface area contributed by atoms with Gasteiger partial charge in [0, 0.05) is 25.6 Å². The van der Waals surface area contributed by atoms with Crippen LogP contribution in [-0.4, -0.2) is 44.5 Å². The Morgan fingerprint density at radius 1 is 1.24 bits per heavy atom. The monoisotopic (exact) mass is 308 g/mol. The summed E-state index contributed by atoms with van der Waals surface area (Å²) in [7, 11) is 2.06. The largest absolute Gasteiger partial charge is 0.375 e. The summed E-state index contributed by atoms with van der Waals surface area (Å²) < 4.78 is 10.9. The van der Waals surface area contributed by atoms with Gasteiger partial charge in [-0.3, -0.25) is 4.90 Å². The van der Waals surface area contributed by atoms with Crippen LogP contribution in [0.3, 0.4) is 0 Å². The van der Waals surface area contributed by atoms with Gasteiger partial charge in [-0.25, -0.2) is 4.68 Å². The first-order valence-corrected chi connectivity index (χ1v) is 8.64. The van der Waals surface area contributed by atoms with Gasteiger partial charge in [-0.2, -0.15) is 5.10 Å². The van der Waals surface area contributed by atoms with Gasteiger partial charge in [0.2, 0.25) is 0 Å². The van der Waals surface area contributed by atoms with Gasteiger partial charge in [-0.1, -0.05) is 12.8 Å². The molecular weight excluding hydrogens is 284 g/mol. The Balaban J connectivity index is 1.54. The summed E-state index contributed by atoms with van der Waals surface area (Å²) in [5.74, 6) is 1.82. The molecule has 3 fully saturated rings. The van der Waals surface area contributed by atoms with Gasteiger partial charge in [-0.05, 0) is 37.9 Å². The minimum Gasteiger partial charge on any atom is -0.375 e. The van der Waals surface area contributed by atoms with Crippen LogP contribution in [0.4, 0.5) is 0 Å². The van der Waals surface area contributed by atoms with Crippen molar-refractivity contribution in [3.63, 3.8) is 0 Å². The number of ether oxygens (including phenoxy) is 1. The quantitative estimate of drug-likeness (QED) is 0.804. The number of aromatic nitrogens is 3. The zero-order chi connectivity index (χ0) is 14.4. The van der Waals surface area contributed by atoms with E-state index in [4.69, 9.17) is 22.1 Å². The van der Waals surface area contributed by atoms with Crippen LogP contribution < -0.4 is 0 Å². The molecule has 2 aliphatic carbocycles. The number of fused-ring (bicyclic) bond motifs is 1. The molecule has 1 aromatic rings. The molecule has 5 nitrogen and oxygen atoms in total. The molecule has 0 radical (unpaired) electrons. The minimum absolute atomic E-state index is 0.424. The highest BCUT2D eigenvalue weighted by Crippen LogP contribution is 2.39. The van der Waals surface area contributed by atoms with Crippen LogP contribution in [0.15, 0.2) is 0 Å². The van der Waals surface area contributed by atoms with Crippen molar-refractivity contribution in [1.29, 1.82) is 0 Å². The van der Waals surface area contributed by atoms with E-state index in [2.05, 4.69) is 16.5 Å². The molecular formula is C15H24N4OS. The molecule has 2 saturated carbocycles. The van der Waals surface area contributed by atoms with Gasteiger partial charge in [0.1, 0.15) is 5.82 Å². The maximum atomic E-state index is 5.95. The van der Waals surface area contributed by atoms with Crippen molar-refractivity contribution in [1.82, 2.24) is 19.2 Å². The lowest BCUT2D eigenvalue weighted by Gasteiger charge is -2.43. The number of morpholine rings is 1. The van der Waals surface area contributed by atoms with Gasteiger partial charge >= 0.3 is 0 Å². The van der Waals surface area contributed by atoms with E-state index < -0.39 is 0 Å². The zero-order valence-electron chi connectivity index (χ0n) is 12.7. The van der Waals surface area contributed by atoms with E-state index in [1.807, 2.05) is 4.68 Å². The van der Waals surface area contributed by atoms with Gasteiger partial charge in [0.15, 0.2) is 4.77 Å². The number of nitrogens with zero attached hydrogens (tertiary/aromatic N) is 4. The summed E-state index contributed by atoms with van der Waals surface area (Å²) >= 11 is 5.58. The maximum Gasteiger partial charge on any atom is 0.198 e. The third kappa shape index (κ3) is 2.58. The first-order chi connectivity index (χ1) is 10.2. The van der Waals surface area contributed by atoms with Gasteiger partial charge < -0.3 is 9.30 Å². The standard InChI is InChI=1S/C15H24N4OS/c1-17-14(11-6-7-11)16-19(15(17)21)10-18-8-9-20-13-5-3-2-4-12(13)18/h11-13H,2-10H2,1H3/t12-,13+/m1/s1. The second-order valence-electron chi connectivity index (χ2n) is 6.69. The molecule has 0 N–H and O–H groups in total. The Kier molecular flexibility index (Phi) is 3.63. The maximum absolute atomic E-state index is 5.95. The Morgan fingerprint density at radius 3 is 2.86 bits per heavy atom. The molecule has 2 heterocycles. The minimum atomic E-state index is 0.424. The highest BCUT2D eigenvalue weighted by molar-refractivity contribution is 7.71. The Labute approximate surface area is 130 Å². The molecule has 6 heteroatoms. The Hall–Kier alpha value is -0.720. The lowest BCUT2D eigenvalue weighted by atomic mass is 9.90. The van der Waals surface area contributed by atoms with Crippen molar-refractivity contribution in [3.05, 3.63) is 10.6 Å². The van der Waals surface area contributed by atoms with Crippen LogP contribution in [0.5, 0.6) is 0 Å². The third-order valence-electron chi connectivity index (χ3n) is 5.18. The molecule has 116 valence electrons. The van der Waals surface area contributed by atoms with Crippen LogP contribution in [0, 0.1) is 4.77 Å². The van der Waals surface area contributed by atoms with E-state index in [1.165, 1.54) is 44.3 Å². The lowest BCUT2D eigenvalue weighted by molar-refractivity contribution is -0.0994. The molecule has 0 amide bonds. The average Bonchev–Trinajstić information content (AvgIpc) is 3.31. The smallest absolute Gasteiger partial charge is 0.198 e. The predicted octanol–water partition coefficient (Wildman–Crippen LogP) is 2.43. The molecule has 21 heavy (non-hydrogen) atoms. The van der Waals surface area contributed by atoms with Crippen LogP contribution in [0.25, 0.3) is 0 Å². The third-order valence-corrected chi connectivity index (χ3v) is 5.66. The highest BCUT2D eigenvalue weighted by Gasteiger charge is 2.35. The molecule has 2 atom stereocenters. The van der Waals surface area contributed by atoms with E-state index in [0.717, 1.165) is 24.6 Å². The summed E-state index contributed by atoms with van der Waals surface area (Å²) in [6.07, 6.45) is 8.05. The van der Waals surface area contributed by atoms with E-state index in [-0.39, 0.29) is 0 Å². The fourth-order valence-corrected chi connectivity index (χ4v) is 4.01. The van der Waals surface area contributed by atoms with Crippen LogP contribution >= 0.6 is 12.2 Å². The number of hydrogen-bond acceptors (Lipinski definition) is 4. The van der Waals surface area contributed by atoms with E-state index >= 15 is 0 Å². The molecule has 0 unspecified atom stereocenters. The molecule has 0 bridgehead atoms. The summed E-state index contributed by atoms with van der Waals surface area (Å²) in [6.45, 7) is 2.67. The van der Waals surface area contributed by atoms with E-state index in [0.29, 0.717) is 18.1 Å². The summed E-state index contributed by atoms with van der Waals surface area (Å²) in [4.78, 5) is 2.53. The first kappa shape index (κ1) is 13.9. The van der Waals surface area contributed by atoms with Gasteiger partial charge in [0.05, 0.1) is 19.4 Å². The second-order valence-corrected chi connectivity index (χ2v) is 7.05. The summed E-state index contributed by atoms with van der Waals surface area (Å²) in [5.41, 5.74) is 0. The Bertz CT molecular complexity index is 575. The fourth-order valence-electron chi connectivity index (χ4n) is 3.82. The Morgan fingerprint density at radius 2 is 2.05 bits per heavy atom. The molecule has 0 aromatic carbocycles. The highest BCUT2D eigenvalue weighted by atomic mass is 32.1. The van der Waals surface area contributed by atoms with E-state index in [1.54, 1.807) is 0 Å².